The van der Waals surface area contributed by atoms with E-state index >= 15 is 0 Å². The third kappa shape index (κ3) is 6.38. The second kappa shape index (κ2) is 17.1. The van der Waals surface area contributed by atoms with Gasteiger partial charge in [-0.15, -0.1) is 0 Å². The summed E-state index contributed by atoms with van der Waals surface area (Å²) >= 11 is 0. The van der Waals surface area contributed by atoms with Gasteiger partial charge in [0.05, 0.1) is 22.7 Å². The van der Waals surface area contributed by atoms with Crippen LogP contribution in [0.5, 0.6) is 0 Å². The molecular formula is C83H52N2. The van der Waals surface area contributed by atoms with Crippen molar-refractivity contribution in [1.29, 1.82) is 0 Å². The van der Waals surface area contributed by atoms with Crippen LogP contribution in [0.15, 0.2) is 279 Å². The van der Waals surface area contributed by atoms with Crippen LogP contribution in [0.3, 0.4) is 0 Å². The molecule has 0 aliphatic heterocycles. The number of anilines is 6. The molecule has 394 valence electrons. The summed E-state index contributed by atoms with van der Waals surface area (Å²) in [6, 6.07) is 106. The zero-order valence-electron chi connectivity index (χ0n) is 47.0. The van der Waals surface area contributed by atoms with E-state index in [1.54, 1.807) is 0 Å². The van der Waals surface area contributed by atoms with Gasteiger partial charge < -0.3 is 9.80 Å². The fraction of sp³-hybridized carbons (Fsp3) is 0.0361. The molecule has 18 aromatic rings. The first-order valence-electron chi connectivity index (χ1n) is 29.8. The van der Waals surface area contributed by atoms with Gasteiger partial charge in [0.25, 0.3) is 0 Å². The average Bonchev–Trinajstić information content (AvgIpc) is 1.78. The Morgan fingerprint density at radius 2 is 0.506 bits per heavy atom. The Morgan fingerprint density at radius 1 is 0.224 bits per heavy atom. The molecule has 0 unspecified atom stereocenters. The van der Waals surface area contributed by atoms with Gasteiger partial charge in [-0.1, -0.05) is 244 Å². The molecule has 0 radical (unpaired) electrons. The molecule has 1 aliphatic rings. The molecule has 0 atom stereocenters. The van der Waals surface area contributed by atoms with Gasteiger partial charge in [0.1, 0.15) is 0 Å². The molecule has 19 rings (SSSR count). The first-order chi connectivity index (χ1) is 41.9. The van der Waals surface area contributed by atoms with E-state index in [4.69, 9.17) is 0 Å². The van der Waals surface area contributed by atoms with E-state index in [0.717, 1.165) is 22.7 Å². The lowest BCUT2D eigenvalue weighted by Crippen LogP contribution is -2.18. The smallest absolute Gasteiger partial charge is 0.0618 e. The minimum Gasteiger partial charge on any atom is -0.309 e. The van der Waals surface area contributed by atoms with Crippen LogP contribution in [0.2, 0.25) is 0 Å². The summed E-state index contributed by atoms with van der Waals surface area (Å²) in [6.45, 7) is 4.89. The van der Waals surface area contributed by atoms with Gasteiger partial charge >= 0.3 is 0 Å². The lowest BCUT2D eigenvalue weighted by atomic mass is 9.82. The normalized spacial score (nSPS) is 13.2. The van der Waals surface area contributed by atoms with Crippen LogP contribution in [0, 0.1) is 0 Å². The molecular weight excluding hydrogens is 1020 g/mol. The zero-order chi connectivity index (χ0) is 55.8. The summed E-state index contributed by atoms with van der Waals surface area (Å²) in [6.07, 6.45) is 0. The largest absolute Gasteiger partial charge is 0.309 e. The summed E-state index contributed by atoms with van der Waals surface area (Å²) < 4.78 is 0. The summed E-state index contributed by atoms with van der Waals surface area (Å²) in [5.41, 5.74) is 11.7. The van der Waals surface area contributed by atoms with Crippen molar-refractivity contribution in [1.82, 2.24) is 0 Å². The maximum Gasteiger partial charge on any atom is 0.0618 e. The molecule has 0 bridgehead atoms. The van der Waals surface area contributed by atoms with Crippen molar-refractivity contribution in [3.05, 3.63) is 290 Å². The number of fused-ring (bicyclic) bond motifs is 11. The van der Waals surface area contributed by atoms with Crippen LogP contribution in [0.25, 0.3) is 140 Å². The van der Waals surface area contributed by atoms with E-state index in [1.807, 2.05) is 0 Å². The fourth-order valence-corrected chi connectivity index (χ4v) is 15.9. The highest BCUT2D eigenvalue weighted by Gasteiger charge is 2.38. The molecule has 85 heavy (non-hydrogen) atoms. The van der Waals surface area contributed by atoms with Gasteiger partial charge in [-0.25, -0.2) is 0 Å². The van der Waals surface area contributed by atoms with Gasteiger partial charge in [0.15, 0.2) is 0 Å². The summed E-state index contributed by atoms with van der Waals surface area (Å²) in [5, 5.41) is 30.3. The van der Waals surface area contributed by atoms with Gasteiger partial charge in [-0.3, -0.25) is 0 Å². The SMILES string of the molecule is CC1(C)c2cc(N(c3c4ccccc4cc4ccccc34)c3ccc4c5cccc6cccc(c7cccc3c74)c65)ccc2-c2ccc(N(c3c4ccccc4cc4ccccc34)c3ccc4c5cccc6cccc(c7cccc3c74)c65)cc21. The molecule has 0 saturated heterocycles. The minimum atomic E-state index is -0.389. The van der Waals surface area contributed by atoms with Crippen LogP contribution in [0.4, 0.5) is 34.1 Å². The van der Waals surface area contributed by atoms with Gasteiger partial charge in [0, 0.05) is 49.1 Å². The first-order valence-corrected chi connectivity index (χ1v) is 29.8. The fourth-order valence-electron chi connectivity index (χ4n) is 15.9. The molecule has 1 aliphatic carbocycles. The number of rotatable bonds is 6. The van der Waals surface area contributed by atoms with Gasteiger partial charge in [-0.2, -0.15) is 0 Å². The van der Waals surface area contributed by atoms with Crippen molar-refractivity contribution in [2.24, 2.45) is 0 Å². The maximum atomic E-state index is 2.60. The molecule has 0 saturated carbocycles. The monoisotopic (exact) mass is 1080 g/mol. The van der Waals surface area contributed by atoms with Crippen molar-refractivity contribution >= 4 is 163 Å². The Kier molecular flexibility index (Phi) is 9.43. The topological polar surface area (TPSA) is 6.48 Å². The van der Waals surface area contributed by atoms with Crippen LogP contribution in [-0.2, 0) is 5.41 Å². The molecule has 2 heteroatoms. The molecule has 0 fully saturated rings. The van der Waals surface area contributed by atoms with Crippen molar-refractivity contribution in [2.75, 3.05) is 9.80 Å². The van der Waals surface area contributed by atoms with E-state index in [-0.39, 0.29) is 5.41 Å². The highest BCUT2D eigenvalue weighted by molar-refractivity contribution is 6.36. The number of hydrogen-bond donors (Lipinski definition) is 0. The Hall–Kier alpha value is -10.8. The maximum absolute atomic E-state index is 2.60. The van der Waals surface area contributed by atoms with Crippen molar-refractivity contribution in [2.45, 2.75) is 19.3 Å². The Labute approximate surface area is 490 Å². The number of nitrogens with zero attached hydrogens (tertiary/aromatic N) is 2. The highest BCUT2D eigenvalue weighted by Crippen LogP contribution is 2.57. The highest BCUT2D eigenvalue weighted by atomic mass is 15.2. The molecule has 2 nitrogen and oxygen atoms in total. The average molecular weight is 1080 g/mol. The molecule has 0 spiro atoms. The molecule has 0 heterocycles. The summed E-state index contributed by atoms with van der Waals surface area (Å²) in [4.78, 5) is 5.20. The van der Waals surface area contributed by atoms with E-state index in [0.29, 0.717) is 0 Å². The van der Waals surface area contributed by atoms with Crippen molar-refractivity contribution in [3.63, 3.8) is 0 Å². The third-order valence-electron chi connectivity index (χ3n) is 19.6. The van der Waals surface area contributed by atoms with E-state index in [1.165, 1.54) is 163 Å². The predicted octanol–water partition coefficient (Wildman–Crippen LogP) is 23.6. The lowest BCUT2D eigenvalue weighted by molar-refractivity contribution is 0.660. The van der Waals surface area contributed by atoms with Crippen LogP contribution < -0.4 is 9.80 Å². The Bertz CT molecular complexity index is 5340. The van der Waals surface area contributed by atoms with Gasteiger partial charge in [-0.05, 0) is 168 Å². The van der Waals surface area contributed by atoms with E-state index < -0.39 is 0 Å². The molecule has 0 amide bonds. The Balaban J connectivity index is 0.848. The lowest BCUT2D eigenvalue weighted by Gasteiger charge is -2.32. The molecule has 18 aromatic carbocycles. The van der Waals surface area contributed by atoms with E-state index in [9.17, 15) is 0 Å². The van der Waals surface area contributed by atoms with E-state index in [2.05, 4.69) is 303 Å². The van der Waals surface area contributed by atoms with Crippen LogP contribution >= 0.6 is 0 Å². The standard InChI is InChI=1S/C83H52N2/c1-83(2)73-47-55(84(81-57-25-7-3-17-51(57)45-52-18-4-8-26-58(52)81)75-43-41-69-65-31-13-23-49-21-11-29-63(77(49)65)67-33-15-35-71(75)79(67)69)37-39-61(73)62-40-38-56(48-74(62)83)85(82-59-27-9-5-19-53(59)46-54-20-6-10-28-60(54)82)76-44-42-70-66-32-14-24-50-22-12-30-64(78(50)66)68-34-16-36-72(76)80(68)70/h3-48H,1-2H3. The third-order valence-corrected chi connectivity index (χ3v) is 19.6. The van der Waals surface area contributed by atoms with Crippen molar-refractivity contribution in [3.8, 4) is 11.1 Å². The second-order valence-corrected chi connectivity index (χ2v) is 24.2. The minimum absolute atomic E-state index is 0.389. The zero-order valence-corrected chi connectivity index (χ0v) is 47.0. The van der Waals surface area contributed by atoms with Gasteiger partial charge in [0.2, 0.25) is 0 Å². The Morgan fingerprint density at radius 3 is 0.871 bits per heavy atom. The number of hydrogen-bond acceptors (Lipinski definition) is 2. The summed E-state index contributed by atoms with van der Waals surface area (Å²) in [7, 11) is 0. The number of benzene rings is 18. The first kappa shape index (κ1) is 46.8. The van der Waals surface area contributed by atoms with Crippen LogP contribution in [-0.4, -0.2) is 0 Å². The van der Waals surface area contributed by atoms with Crippen molar-refractivity contribution < 1.29 is 0 Å². The summed E-state index contributed by atoms with van der Waals surface area (Å²) in [5.74, 6) is 0. The molecule has 0 N–H and O–H groups in total. The predicted molar refractivity (Wildman–Crippen MR) is 366 cm³/mol. The quantitative estimate of drug-likeness (QED) is 0.121. The molecule has 0 aromatic heterocycles. The van der Waals surface area contributed by atoms with Crippen LogP contribution in [0.1, 0.15) is 25.0 Å². The second-order valence-electron chi connectivity index (χ2n) is 24.2.